The molecule has 0 fully saturated rings. The lowest BCUT2D eigenvalue weighted by molar-refractivity contribution is -0.142. The largest absolute Gasteiger partial charge is 0.486 e. The lowest BCUT2D eigenvalue weighted by Gasteiger charge is -2.33. The highest BCUT2D eigenvalue weighted by Gasteiger charge is 2.34. The topological polar surface area (TPSA) is 93.9 Å². The summed E-state index contributed by atoms with van der Waals surface area (Å²) in [6, 6.07) is 2.83. The number of carbonyl (C=O) groups is 2. The van der Waals surface area contributed by atoms with Gasteiger partial charge in [-0.05, 0) is 18.9 Å². The SMILES string of the molecule is CCC(C)(CC)C(=O)N(CCC(=O)NN)Cc1cc2c(cc1F)OCCO2. The Morgan fingerprint density at radius 1 is 1.22 bits per heavy atom. The lowest BCUT2D eigenvalue weighted by atomic mass is 9.83. The summed E-state index contributed by atoms with van der Waals surface area (Å²) >= 11 is 0. The highest BCUT2D eigenvalue weighted by molar-refractivity contribution is 5.83. The minimum atomic E-state index is -0.580. The van der Waals surface area contributed by atoms with Crippen LogP contribution in [0.25, 0.3) is 0 Å². The lowest BCUT2D eigenvalue weighted by Crippen LogP contribution is -2.43. The van der Waals surface area contributed by atoms with Gasteiger partial charge >= 0.3 is 0 Å². The second-order valence-corrected chi connectivity index (χ2v) is 6.90. The van der Waals surface area contributed by atoms with E-state index in [-0.39, 0.29) is 31.3 Å². The van der Waals surface area contributed by atoms with Gasteiger partial charge in [-0.15, -0.1) is 0 Å². The molecule has 1 aromatic carbocycles. The summed E-state index contributed by atoms with van der Waals surface area (Å²) in [6.45, 7) is 6.70. The molecule has 0 spiro atoms. The van der Waals surface area contributed by atoms with E-state index in [1.807, 2.05) is 20.8 Å². The van der Waals surface area contributed by atoms with E-state index in [9.17, 15) is 14.0 Å². The summed E-state index contributed by atoms with van der Waals surface area (Å²) < 4.78 is 25.4. The molecular weight excluding hydrogens is 353 g/mol. The summed E-state index contributed by atoms with van der Waals surface area (Å²) in [5.41, 5.74) is 1.79. The highest BCUT2D eigenvalue weighted by Crippen LogP contribution is 2.34. The van der Waals surface area contributed by atoms with Gasteiger partial charge in [0, 0.05) is 36.6 Å². The third-order valence-corrected chi connectivity index (χ3v) is 5.21. The molecule has 2 amide bonds. The van der Waals surface area contributed by atoms with Crippen molar-refractivity contribution < 1.29 is 23.5 Å². The van der Waals surface area contributed by atoms with Crippen LogP contribution in [0.2, 0.25) is 0 Å². The maximum Gasteiger partial charge on any atom is 0.235 e. The number of amides is 2. The molecule has 1 aliphatic rings. The molecule has 0 saturated carbocycles. The summed E-state index contributed by atoms with van der Waals surface area (Å²) in [5.74, 6) is 4.97. The van der Waals surface area contributed by atoms with Gasteiger partial charge in [0.25, 0.3) is 0 Å². The maximum absolute atomic E-state index is 14.6. The van der Waals surface area contributed by atoms with Crippen LogP contribution in [0.5, 0.6) is 11.5 Å². The van der Waals surface area contributed by atoms with Crippen LogP contribution >= 0.6 is 0 Å². The van der Waals surface area contributed by atoms with Crippen molar-refractivity contribution in [2.75, 3.05) is 19.8 Å². The van der Waals surface area contributed by atoms with Crippen LogP contribution in [0.3, 0.4) is 0 Å². The number of hydrogen-bond donors (Lipinski definition) is 2. The fourth-order valence-electron chi connectivity index (χ4n) is 2.93. The second kappa shape index (κ2) is 9.03. The quantitative estimate of drug-likeness (QED) is 0.409. The van der Waals surface area contributed by atoms with Crippen LogP contribution in [-0.2, 0) is 16.1 Å². The van der Waals surface area contributed by atoms with Gasteiger partial charge in [0.2, 0.25) is 11.8 Å². The van der Waals surface area contributed by atoms with E-state index in [4.69, 9.17) is 15.3 Å². The standard InChI is InChI=1S/C19H28FN3O4/c1-4-19(3,5-2)18(25)23(7-6-17(24)22-21)12-13-10-15-16(11-14(13)20)27-9-8-26-15/h10-11H,4-9,12,21H2,1-3H3,(H,22,24). The van der Waals surface area contributed by atoms with E-state index in [0.717, 1.165) is 0 Å². The Kier molecular flexibility index (Phi) is 7.01. The number of hydrogen-bond acceptors (Lipinski definition) is 5. The van der Waals surface area contributed by atoms with Gasteiger partial charge in [-0.3, -0.25) is 15.0 Å². The van der Waals surface area contributed by atoms with E-state index in [1.54, 1.807) is 6.07 Å². The molecule has 0 bridgehead atoms. The molecule has 150 valence electrons. The van der Waals surface area contributed by atoms with Crippen molar-refractivity contribution in [3.8, 4) is 11.5 Å². The van der Waals surface area contributed by atoms with Gasteiger partial charge in [-0.2, -0.15) is 0 Å². The van der Waals surface area contributed by atoms with Gasteiger partial charge in [0.05, 0.1) is 0 Å². The summed E-state index contributed by atoms with van der Waals surface area (Å²) in [4.78, 5) is 26.2. The van der Waals surface area contributed by atoms with Crippen LogP contribution in [0.1, 0.15) is 45.6 Å². The first-order chi connectivity index (χ1) is 12.8. The van der Waals surface area contributed by atoms with Crippen LogP contribution in [0.15, 0.2) is 12.1 Å². The van der Waals surface area contributed by atoms with Crippen molar-refractivity contribution in [2.24, 2.45) is 11.3 Å². The van der Waals surface area contributed by atoms with Crippen molar-refractivity contribution >= 4 is 11.8 Å². The highest BCUT2D eigenvalue weighted by atomic mass is 19.1. The van der Waals surface area contributed by atoms with Crippen LogP contribution in [0, 0.1) is 11.2 Å². The molecule has 8 heteroatoms. The van der Waals surface area contributed by atoms with Crippen molar-refractivity contribution in [1.82, 2.24) is 10.3 Å². The van der Waals surface area contributed by atoms with Crippen LogP contribution in [-0.4, -0.2) is 36.5 Å². The maximum atomic E-state index is 14.6. The van der Waals surface area contributed by atoms with E-state index >= 15 is 0 Å². The minimum absolute atomic E-state index is 0.0365. The Hall–Kier alpha value is -2.35. The molecule has 0 saturated heterocycles. The van der Waals surface area contributed by atoms with Gasteiger partial charge < -0.3 is 14.4 Å². The molecule has 0 aliphatic carbocycles. The fourth-order valence-corrected chi connectivity index (χ4v) is 2.93. The van der Waals surface area contributed by atoms with Crippen molar-refractivity contribution in [3.63, 3.8) is 0 Å². The zero-order chi connectivity index (χ0) is 20.0. The molecular formula is C19H28FN3O4. The number of nitrogens with zero attached hydrogens (tertiary/aromatic N) is 1. The summed E-state index contributed by atoms with van der Waals surface area (Å²) in [7, 11) is 0. The Labute approximate surface area is 159 Å². The molecule has 2 rings (SSSR count). The molecule has 1 aliphatic heterocycles. The fraction of sp³-hybridized carbons (Fsp3) is 0.579. The molecule has 27 heavy (non-hydrogen) atoms. The number of carbonyl (C=O) groups excluding carboxylic acids is 2. The Bertz CT molecular complexity index is 692. The average molecular weight is 381 g/mol. The predicted molar refractivity (Wildman–Crippen MR) is 98.4 cm³/mol. The van der Waals surface area contributed by atoms with Gasteiger partial charge in [0.1, 0.15) is 19.0 Å². The number of nitrogens with two attached hydrogens (primary N) is 1. The normalized spacial score (nSPS) is 13.2. The molecule has 7 nitrogen and oxygen atoms in total. The average Bonchev–Trinajstić information content (AvgIpc) is 2.69. The zero-order valence-corrected chi connectivity index (χ0v) is 16.1. The van der Waals surface area contributed by atoms with Gasteiger partial charge in [0.15, 0.2) is 11.5 Å². The number of nitrogens with one attached hydrogen (secondary N) is 1. The third kappa shape index (κ3) is 4.88. The number of halogens is 1. The Morgan fingerprint density at radius 3 is 2.37 bits per heavy atom. The molecule has 0 radical (unpaired) electrons. The Morgan fingerprint density at radius 2 is 1.81 bits per heavy atom. The van der Waals surface area contributed by atoms with E-state index in [2.05, 4.69) is 5.43 Å². The number of hydrazine groups is 1. The molecule has 0 unspecified atom stereocenters. The smallest absolute Gasteiger partial charge is 0.235 e. The first kappa shape index (κ1) is 21.0. The zero-order valence-electron chi connectivity index (χ0n) is 16.1. The van der Waals surface area contributed by atoms with Crippen molar-refractivity contribution in [1.29, 1.82) is 0 Å². The van der Waals surface area contributed by atoms with Gasteiger partial charge in [-0.1, -0.05) is 20.8 Å². The Balaban J connectivity index is 2.28. The molecule has 0 aromatic heterocycles. The molecule has 1 heterocycles. The van der Waals surface area contributed by atoms with Crippen molar-refractivity contribution in [2.45, 2.75) is 46.6 Å². The number of ether oxygens (including phenoxy) is 2. The molecule has 3 N–H and O–H groups in total. The van der Waals surface area contributed by atoms with Crippen LogP contribution in [0.4, 0.5) is 4.39 Å². The number of benzene rings is 1. The summed E-state index contributed by atoms with van der Waals surface area (Å²) in [5, 5.41) is 0. The number of rotatable bonds is 8. The molecule has 1 aromatic rings. The third-order valence-electron chi connectivity index (χ3n) is 5.21. The molecule has 0 atom stereocenters. The van der Waals surface area contributed by atoms with Gasteiger partial charge in [-0.25, -0.2) is 10.2 Å². The predicted octanol–water partition coefficient (Wildman–Crippen LogP) is 2.13. The monoisotopic (exact) mass is 381 g/mol. The second-order valence-electron chi connectivity index (χ2n) is 6.90. The summed E-state index contributed by atoms with van der Waals surface area (Å²) in [6.07, 6.45) is 1.33. The van der Waals surface area contributed by atoms with E-state index in [0.29, 0.717) is 43.1 Å². The first-order valence-electron chi connectivity index (χ1n) is 9.21. The van der Waals surface area contributed by atoms with Crippen LogP contribution < -0.4 is 20.7 Å². The first-order valence-corrected chi connectivity index (χ1v) is 9.21. The number of fused-ring (bicyclic) bond motifs is 1. The van der Waals surface area contributed by atoms with Crippen molar-refractivity contribution in [3.05, 3.63) is 23.5 Å². The van der Waals surface area contributed by atoms with E-state index in [1.165, 1.54) is 11.0 Å². The van der Waals surface area contributed by atoms with E-state index < -0.39 is 11.2 Å². The minimum Gasteiger partial charge on any atom is -0.486 e.